The molecule has 0 aliphatic heterocycles. The average Bonchev–Trinajstić information content (AvgIpc) is 2.34. The van der Waals surface area contributed by atoms with E-state index < -0.39 is 0 Å². The van der Waals surface area contributed by atoms with Gasteiger partial charge in [-0.3, -0.25) is 4.79 Å². The standard InChI is InChI=1S/C6H8N2OS/c1-4-2-6(10-8-4)5(9)3-7/h2H,3,7H2,1H3. The Morgan fingerprint density at radius 1 is 1.90 bits per heavy atom. The summed E-state index contributed by atoms with van der Waals surface area (Å²) in [6.45, 7) is 1.92. The van der Waals surface area contributed by atoms with E-state index in [9.17, 15) is 4.79 Å². The molecule has 0 bridgehead atoms. The van der Waals surface area contributed by atoms with Crippen molar-refractivity contribution in [3.63, 3.8) is 0 Å². The molecule has 1 aromatic rings. The van der Waals surface area contributed by atoms with Crippen molar-refractivity contribution < 1.29 is 4.79 Å². The maximum absolute atomic E-state index is 10.9. The van der Waals surface area contributed by atoms with Gasteiger partial charge in [0.1, 0.15) is 0 Å². The fourth-order valence-electron chi connectivity index (χ4n) is 0.596. The third-order valence-electron chi connectivity index (χ3n) is 1.09. The summed E-state index contributed by atoms with van der Waals surface area (Å²) in [7, 11) is 0. The van der Waals surface area contributed by atoms with Gasteiger partial charge in [-0.15, -0.1) is 0 Å². The summed E-state index contributed by atoms with van der Waals surface area (Å²) < 4.78 is 3.95. The maximum Gasteiger partial charge on any atom is 0.187 e. The highest BCUT2D eigenvalue weighted by Crippen LogP contribution is 2.08. The van der Waals surface area contributed by atoms with Crippen LogP contribution in [0.5, 0.6) is 0 Å². The van der Waals surface area contributed by atoms with Gasteiger partial charge in [0.2, 0.25) is 0 Å². The molecular weight excluding hydrogens is 148 g/mol. The molecule has 0 saturated heterocycles. The van der Waals surface area contributed by atoms with Crippen molar-refractivity contribution in [3.8, 4) is 0 Å². The summed E-state index contributed by atoms with van der Waals surface area (Å²) in [4.78, 5) is 11.5. The van der Waals surface area contributed by atoms with E-state index in [-0.39, 0.29) is 12.3 Å². The lowest BCUT2D eigenvalue weighted by molar-refractivity contribution is 0.100. The number of aromatic nitrogens is 1. The summed E-state index contributed by atoms with van der Waals surface area (Å²) in [6, 6.07) is 1.75. The van der Waals surface area contributed by atoms with Crippen LogP contribution in [0.25, 0.3) is 0 Å². The van der Waals surface area contributed by atoms with Gasteiger partial charge < -0.3 is 5.73 Å². The maximum atomic E-state index is 10.9. The molecular formula is C6H8N2OS. The van der Waals surface area contributed by atoms with Crippen molar-refractivity contribution in [1.29, 1.82) is 0 Å². The zero-order valence-electron chi connectivity index (χ0n) is 5.63. The highest BCUT2D eigenvalue weighted by Gasteiger charge is 2.05. The Morgan fingerprint density at radius 3 is 3.00 bits per heavy atom. The molecule has 3 nitrogen and oxygen atoms in total. The molecule has 0 unspecified atom stereocenters. The number of aryl methyl sites for hydroxylation is 1. The smallest absolute Gasteiger partial charge is 0.187 e. The first-order chi connectivity index (χ1) is 4.74. The number of ketones is 1. The van der Waals surface area contributed by atoms with Crippen LogP contribution < -0.4 is 5.73 Å². The van der Waals surface area contributed by atoms with Crippen LogP contribution in [0, 0.1) is 6.92 Å². The van der Waals surface area contributed by atoms with Crippen molar-refractivity contribution in [2.24, 2.45) is 5.73 Å². The number of Topliss-reactive ketones (excluding diaryl/α,β-unsaturated/α-hetero) is 1. The van der Waals surface area contributed by atoms with Crippen molar-refractivity contribution in [2.75, 3.05) is 6.54 Å². The first-order valence-corrected chi connectivity index (χ1v) is 3.68. The lowest BCUT2D eigenvalue weighted by Crippen LogP contribution is -2.11. The third-order valence-corrected chi connectivity index (χ3v) is 2.01. The van der Waals surface area contributed by atoms with E-state index in [1.807, 2.05) is 6.92 Å². The van der Waals surface area contributed by atoms with E-state index in [0.717, 1.165) is 5.69 Å². The predicted octanol–water partition coefficient (Wildman–Crippen LogP) is 0.593. The fraction of sp³-hybridized carbons (Fsp3) is 0.333. The minimum atomic E-state index is -0.0365. The molecule has 0 amide bonds. The van der Waals surface area contributed by atoms with Gasteiger partial charge in [-0.05, 0) is 24.5 Å². The Hall–Kier alpha value is -0.740. The largest absolute Gasteiger partial charge is 0.324 e. The van der Waals surface area contributed by atoms with Crippen LogP contribution in [0.4, 0.5) is 0 Å². The van der Waals surface area contributed by atoms with Crippen LogP contribution in [-0.2, 0) is 0 Å². The van der Waals surface area contributed by atoms with E-state index in [4.69, 9.17) is 5.73 Å². The topological polar surface area (TPSA) is 56.0 Å². The van der Waals surface area contributed by atoms with Crippen LogP contribution in [0.1, 0.15) is 15.4 Å². The quantitative estimate of drug-likeness (QED) is 0.638. The molecule has 0 aliphatic rings. The normalized spacial score (nSPS) is 9.80. The van der Waals surface area contributed by atoms with Crippen LogP contribution in [0.3, 0.4) is 0 Å². The molecule has 0 spiro atoms. The average molecular weight is 156 g/mol. The molecule has 54 valence electrons. The van der Waals surface area contributed by atoms with E-state index >= 15 is 0 Å². The van der Waals surface area contributed by atoms with E-state index in [2.05, 4.69) is 4.37 Å². The highest BCUT2D eigenvalue weighted by atomic mass is 32.1. The van der Waals surface area contributed by atoms with Gasteiger partial charge in [-0.2, -0.15) is 4.37 Å². The zero-order valence-corrected chi connectivity index (χ0v) is 6.44. The molecule has 0 aromatic carbocycles. The van der Waals surface area contributed by atoms with Gasteiger partial charge in [0.15, 0.2) is 5.78 Å². The SMILES string of the molecule is Cc1cc(C(=O)CN)sn1. The number of hydrogen-bond donors (Lipinski definition) is 1. The van der Waals surface area contributed by atoms with Gasteiger partial charge in [0.05, 0.1) is 17.1 Å². The summed E-state index contributed by atoms with van der Waals surface area (Å²) in [5.41, 5.74) is 6.02. The van der Waals surface area contributed by atoms with Gasteiger partial charge in [-0.25, -0.2) is 0 Å². The monoisotopic (exact) mass is 156 g/mol. The third kappa shape index (κ3) is 1.40. The number of carbonyl (C=O) groups excluding carboxylic acids is 1. The second-order valence-electron chi connectivity index (χ2n) is 1.96. The number of nitrogens with zero attached hydrogens (tertiary/aromatic N) is 1. The molecule has 0 aliphatic carbocycles. The Kier molecular flexibility index (Phi) is 2.13. The molecule has 1 rings (SSSR count). The molecule has 0 fully saturated rings. The second-order valence-corrected chi connectivity index (χ2v) is 2.76. The minimum absolute atomic E-state index is 0.0365. The zero-order chi connectivity index (χ0) is 7.56. The second kappa shape index (κ2) is 2.90. The van der Waals surface area contributed by atoms with Crippen LogP contribution in [-0.4, -0.2) is 16.7 Å². The molecule has 10 heavy (non-hydrogen) atoms. The first-order valence-electron chi connectivity index (χ1n) is 2.90. The number of hydrogen-bond acceptors (Lipinski definition) is 4. The van der Waals surface area contributed by atoms with Gasteiger partial charge in [0.25, 0.3) is 0 Å². The van der Waals surface area contributed by atoms with Gasteiger partial charge in [-0.1, -0.05) is 0 Å². The van der Waals surface area contributed by atoms with Crippen molar-refractivity contribution in [2.45, 2.75) is 6.92 Å². The summed E-state index contributed by atoms with van der Waals surface area (Å²) in [6.07, 6.45) is 0. The molecule has 2 N–H and O–H groups in total. The Balaban J connectivity index is 2.85. The van der Waals surface area contributed by atoms with Gasteiger partial charge in [0, 0.05) is 0 Å². The molecule has 0 atom stereocenters. The van der Waals surface area contributed by atoms with E-state index in [1.165, 1.54) is 11.5 Å². The minimum Gasteiger partial charge on any atom is -0.324 e. The van der Waals surface area contributed by atoms with Crippen molar-refractivity contribution in [1.82, 2.24) is 4.37 Å². The fourth-order valence-corrected chi connectivity index (χ4v) is 1.30. The van der Waals surface area contributed by atoms with Crippen LogP contribution in [0.2, 0.25) is 0 Å². The molecule has 0 saturated carbocycles. The summed E-state index contributed by atoms with van der Waals surface area (Å²) in [5.74, 6) is -0.0365. The molecule has 0 radical (unpaired) electrons. The lowest BCUT2D eigenvalue weighted by Gasteiger charge is -1.85. The van der Waals surface area contributed by atoms with Crippen molar-refractivity contribution >= 4 is 17.3 Å². The van der Waals surface area contributed by atoms with E-state index in [1.54, 1.807) is 6.07 Å². The number of carbonyl (C=O) groups is 1. The Morgan fingerprint density at radius 2 is 2.60 bits per heavy atom. The first kappa shape index (κ1) is 7.37. The predicted molar refractivity (Wildman–Crippen MR) is 40.2 cm³/mol. The molecule has 1 heterocycles. The Labute approximate surface area is 63.0 Å². The van der Waals surface area contributed by atoms with Crippen LogP contribution in [0.15, 0.2) is 6.07 Å². The highest BCUT2D eigenvalue weighted by molar-refractivity contribution is 7.08. The molecule has 1 aromatic heterocycles. The number of rotatable bonds is 2. The lowest BCUT2D eigenvalue weighted by atomic mass is 10.3. The van der Waals surface area contributed by atoms with Crippen molar-refractivity contribution in [3.05, 3.63) is 16.6 Å². The number of nitrogens with two attached hydrogens (primary N) is 1. The summed E-state index contributed by atoms with van der Waals surface area (Å²) in [5, 5.41) is 0. The summed E-state index contributed by atoms with van der Waals surface area (Å²) >= 11 is 1.20. The van der Waals surface area contributed by atoms with E-state index in [0.29, 0.717) is 4.88 Å². The van der Waals surface area contributed by atoms with Crippen LogP contribution >= 0.6 is 11.5 Å². The molecule has 4 heteroatoms. The van der Waals surface area contributed by atoms with Gasteiger partial charge >= 0.3 is 0 Å². The Bertz CT molecular complexity index is 244.